The van der Waals surface area contributed by atoms with E-state index in [1.165, 1.54) is 6.92 Å². The van der Waals surface area contributed by atoms with Crippen molar-refractivity contribution in [3.8, 4) is 22.7 Å². The SMILES string of the molecule is Cc1cc(OC(F)(F)F)ccc1-n1nc(C(F)F)cc1-c1cc(F)c(S(N)(=O)=O)cc1F. The molecule has 0 aliphatic carbocycles. The van der Waals surface area contributed by atoms with Crippen molar-refractivity contribution in [1.29, 1.82) is 0 Å². The van der Waals surface area contributed by atoms with Crippen LogP contribution in [0.2, 0.25) is 0 Å². The summed E-state index contributed by atoms with van der Waals surface area (Å²) in [6.45, 7) is 1.31. The zero-order valence-corrected chi connectivity index (χ0v) is 16.6. The maximum Gasteiger partial charge on any atom is 0.573 e. The maximum atomic E-state index is 14.6. The average molecular weight is 483 g/mol. The van der Waals surface area contributed by atoms with E-state index in [-0.39, 0.29) is 17.3 Å². The second-order valence-electron chi connectivity index (χ2n) is 6.47. The van der Waals surface area contributed by atoms with Crippen molar-refractivity contribution in [3.63, 3.8) is 0 Å². The molecule has 32 heavy (non-hydrogen) atoms. The molecular formula is C18H12F7N3O3S. The Morgan fingerprint density at radius 1 is 1.06 bits per heavy atom. The largest absolute Gasteiger partial charge is 0.573 e. The molecule has 0 saturated heterocycles. The molecule has 0 spiro atoms. The zero-order chi connectivity index (χ0) is 24.0. The second-order valence-corrected chi connectivity index (χ2v) is 8.00. The van der Waals surface area contributed by atoms with Crippen molar-refractivity contribution in [3.05, 3.63) is 59.3 Å². The van der Waals surface area contributed by atoms with Gasteiger partial charge in [-0.1, -0.05) is 0 Å². The summed E-state index contributed by atoms with van der Waals surface area (Å²) in [4.78, 5) is -1.15. The van der Waals surface area contributed by atoms with Crippen molar-refractivity contribution in [2.24, 2.45) is 5.14 Å². The van der Waals surface area contributed by atoms with Gasteiger partial charge in [0, 0.05) is 5.56 Å². The van der Waals surface area contributed by atoms with Gasteiger partial charge in [-0.3, -0.25) is 0 Å². The first-order valence-electron chi connectivity index (χ1n) is 8.44. The van der Waals surface area contributed by atoms with E-state index in [1.807, 2.05) is 0 Å². The van der Waals surface area contributed by atoms with Gasteiger partial charge in [0.2, 0.25) is 10.0 Å². The number of aryl methyl sites for hydroxylation is 1. The van der Waals surface area contributed by atoms with Crippen LogP contribution in [0.5, 0.6) is 5.75 Å². The fraction of sp³-hybridized carbons (Fsp3) is 0.167. The Morgan fingerprint density at radius 3 is 2.25 bits per heavy atom. The third kappa shape index (κ3) is 4.85. The monoisotopic (exact) mass is 483 g/mol. The van der Waals surface area contributed by atoms with Crippen LogP contribution in [0.25, 0.3) is 16.9 Å². The van der Waals surface area contributed by atoms with Gasteiger partial charge in [-0.25, -0.2) is 35.8 Å². The number of halogens is 7. The molecule has 0 radical (unpaired) electrons. The normalized spacial score (nSPS) is 12.4. The third-order valence-corrected chi connectivity index (χ3v) is 5.11. The van der Waals surface area contributed by atoms with E-state index in [0.29, 0.717) is 6.07 Å². The summed E-state index contributed by atoms with van der Waals surface area (Å²) in [7, 11) is -4.62. The van der Waals surface area contributed by atoms with Crippen LogP contribution < -0.4 is 9.88 Å². The Morgan fingerprint density at radius 2 is 1.72 bits per heavy atom. The first-order valence-corrected chi connectivity index (χ1v) is 9.99. The molecule has 14 heteroatoms. The highest BCUT2D eigenvalue weighted by molar-refractivity contribution is 7.89. The van der Waals surface area contributed by atoms with Gasteiger partial charge in [-0.2, -0.15) is 5.10 Å². The number of benzene rings is 2. The standard InChI is InChI=1S/C18H12F7N3O3S/c1-8-4-9(31-18(23,24)25)2-3-14(8)28-15(7-13(27-28)17(21)22)10-5-12(20)16(6-11(10)19)32(26,29)30/h2-7,17H,1H3,(H2,26,29,30). The predicted octanol–water partition coefficient (Wildman–Crippen LogP) is 4.61. The van der Waals surface area contributed by atoms with Crippen LogP contribution in [-0.2, 0) is 10.0 Å². The lowest BCUT2D eigenvalue weighted by atomic mass is 10.1. The Labute approximate surface area is 176 Å². The fourth-order valence-electron chi connectivity index (χ4n) is 2.89. The van der Waals surface area contributed by atoms with Gasteiger partial charge in [-0.05, 0) is 48.9 Å². The van der Waals surface area contributed by atoms with Crippen LogP contribution in [0.4, 0.5) is 30.7 Å². The molecule has 0 aliphatic rings. The third-order valence-electron chi connectivity index (χ3n) is 4.19. The van der Waals surface area contributed by atoms with Crippen molar-refractivity contribution in [2.75, 3.05) is 0 Å². The molecule has 1 aromatic heterocycles. The highest BCUT2D eigenvalue weighted by atomic mass is 32.2. The number of alkyl halides is 5. The average Bonchev–Trinajstić information content (AvgIpc) is 3.06. The van der Waals surface area contributed by atoms with E-state index in [4.69, 9.17) is 5.14 Å². The van der Waals surface area contributed by atoms with Crippen LogP contribution in [0.3, 0.4) is 0 Å². The number of ether oxygens (including phenoxy) is 1. The van der Waals surface area contributed by atoms with E-state index < -0.39 is 62.0 Å². The molecule has 172 valence electrons. The smallest absolute Gasteiger partial charge is 0.406 e. The molecule has 0 bridgehead atoms. The predicted molar refractivity (Wildman–Crippen MR) is 96.7 cm³/mol. The van der Waals surface area contributed by atoms with E-state index >= 15 is 0 Å². The van der Waals surface area contributed by atoms with Crippen LogP contribution in [-0.4, -0.2) is 24.6 Å². The molecule has 2 N–H and O–H groups in total. The lowest BCUT2D eigenvalue weighted by molar-refractivity contribution is -0.274. The van der Waals surface area contributed by atoms with Crippen molar-refractivity contribution in [2.45, 2.75) is 24.6 Å². The lowest BCUT2D eigenvalue weighted by Crippen LogP contribution is -2.17. The number of aromatic nitrogens is 2. The summed E-state index contributed by atoms with van der Waals surface area (Å²) >= 11 is 0. The molecule has 3 rings (SSSR count). The summed E-state index contributed by atoms with van der Waals surface area (Å²) in [5.74, 6) is -3.36. The number of primary sulfonamides is 1. The van der Waals surface area contributed by atoms with Gasteiger partial charge < -0.3 is 4.74 Å². The molecule has 0 unspecified atom stereocenters. The second kappa shape index (κ2) is 8.09. The summed E-state index contributed by atoms with van der Waals surface area (Å²) in [6, 6.07) is 4.33. The zero-order valence-electron chi connectivity index (χ0n) is 15.8. The van der Waals surface area contributed by atoms with Crippen molar-refractivity contribution < 1.29 is 43.9 Å². The minimum atomic E-state index is -4.97. The Hall–Kier alpha value is -3.13. The van der Waals surface area contributed by atoms with Crippen LogP contribution in [0.1, 0.15) is 17.7 Å². The first kappa shape index (κ1) is 23.5. The van der Waals surface area contributed by atoms with E-state index in [9.17, 15) is 39.2 Å². The first-order chi connectivity index (χ1) is 14.7. The minimum absolute atomic E-state index is 0.0447. The number of nitrogens with two attached hydrogens (primary N) is 1. The van der Waals surface area contributed by atoms with Crippen LogP contribution in [0.15, 0.2) is 41.3 Å². The van der Waals surface area contributed by atoms with Gasteiger partial charge in [0.05, 0.1) is 11.4 Å². The quantitative estimate of drug-likeness (QED) is 0.537. The van der Waals surface area contributed by atoms with E-state index in [2.05, 4.69) is 9.84 Å². The summed E-state index contributed by atoms with van der Waals surface area (Å²) in [5.41, 5.74) is -1.87. The molecule has 0 aliphatic heterocycles. The van der Waals surface area contributed by atoms with E-state index in [1.54, 1.807) is 0 Å². The highest BCUT2D eigenvalue weighted by Gasteiger charge is 2.31. The molecule has 0 saturated carbocycles. The molecule has 0 fully saturated rings. The Bertz CT molecular complexity index is 1290. The lowest BCUT2D eigenvalue weighted by Gasteiger charge is -2.14. The van der Waals surface area contributed by atoms with Gasteiger partial charge in [0.1, 0.15) is 28.0 Å². The summed E-state index contributed by atoms with van der Waals surface area (Å²) in [6.07, 6.45) is -8.10. The summed E-state index contributed by atoms with van der Waals surface area (Å²) in [5, 5.41) is 8.45. The molecule has 3 aromatic rings. The Kier molecular flexibility index (Phi) is 5.95. The van der Waals surface area contributed by atoms with Gasteiger partial charge in [0.15, 0.2) is 0 Å². The maximum absolute atomic E-state index is 14.6. The molecule has 0 amide bonds. The minimum Gasteiger partial charge on any atom is -0.406 e. The van der Waals surface area contributed by atoms with E-state index in [0.717, 1.165) is 28.9 Å². The van der Waals surface area contributed by atoms with Gasteiger partial charge in [0.25, 0.3) is 6.43 Å². The molecule has 6 nitrogen and oxygen atoms in total. The molecule has 1 heterocycles. The molecule has 2 aromatic carbocycles. The molecule has 0 atom stereocenters. The highest BCUT2D eigenvalue weighted by Crippen LogP contribution is 2.34. The van der Waals surface area contributed by atoms with Crippen LogP contribution >= 0.6 is 0 Å². The number of hydrogen-bond donors (Lipinski definition) is 1. The van der Waals surface area contributed by atoms with Crippen molar-refractivity contribution in [1.82, 2.24) is 9.78 Å². The summed E-state index contributed by atoms with van der Waals surface area (Å²) < 4.78 is 120. The number of rotatable bonds is 5. The number of sulfonamides is 1. The Balaban J connectivity index is 2.20. The number of nitrogens with zero attached hydrogens (tertiary/aromatic N) is 2. The topological polar surface area (TPSA) is 87.2 Å². The van der Waals surface area contributed by atoms with Gasteiger partial charge in [-0.15, -0.1) is 13.2 Å². The fourth-order valence-corrected chi connectivity index (χ4v) is 3.49. The van der Waals surface area contributed by atoms with Crippen LogP contribution in [0, 0.1) is 18.6 Å². The number of hydrogen-bond acceptors (Lipinski definition) is 4. The van der Waals surface area contributed by atoms with Gasteiger partial charge >= 0.3 is 6.36 Å². The molecular weight excluding hydrogens is 471 g/mol. The van der Waals surface area contributed by atoms with Crippen molar-refractivity contribution >= 4 is 10.0 Å².